The summed E-state index contributed by atoms with van der Waals surface area (Å²) in [5.74, 6) is 1.80. The molecule has 0 aliphatic carbocycles. The smallest absolute Gasteiger partial charge is 0.282 e. The second-order valence-corrected chi connectivity index (χ2v) is 6.75. The summed E-state index contributed by atoms with van der Waals surface area (Å²) in [6.07, 6.45) is 1.63. The van der Waals surface area contributed by atoms with Crippen LogP contribution in [-0.4, -0.2) is 29.1 Å². The second kappa shape index (κ2) is 9.26. The lowest BCUT2D eigenvalue weighted by Crippen LogP contribution is -2.20. The van der Waals surface area contributed by atoms with Crippen LogP contribution in [0.1, 0.15) is 19.4 Å². The van der Waals surface area contributed by atoms with Crippen molar-refractivity contribution in [3.8, 4) is 22.9 Å². The lowest BCUT2D eigenvalue weighted by Gasteiger charge is -2.11. The van der Waals surface area contributed by atoms with Crippen molar-refractivity contribution in [3.63, 3.8) is 0 Å². The van der Waals surface area contributed by atoms with Crippen LogP contribution < -0.4 is 15.0 Å². The van der Waals surface area contributed by atoms with E-state index in [0.717, 1.165) is 11.1 Å². The summed E-state index contributed by atoms with van der Waals surface area (Å²) < 4.78 is 12.6. The lowest BCUT2D eigenvalue weighted by atomic mass is 10.2. The summed E-state index contributed by atoms with van der Waals surface area (Å²) in [5, 5.41) is 5.01. The fourth-order valence-corrected chi connectivity index (χ4v) is 3.28. The van der Waals surface area contributed by atoms with E-state index in [-0.39, 0.29) is 5.56 Å². The maximum absolute atomic E-state index is 13.2. The fourth-order valence-electron chi connectivity index (χ4n) is 3.28. The molecule has 0 saturated carbocycles. The Kier molecular flexibility index (Phi) is 6.08. The van der Waals surface area contributed by atoms with Gasteiger partial charge in [-0.2, -0.15) is 9.78 Å². The zero-order chi connectivity index (χ0) is 21.6. The van der Waals surface area contributed by atoms with Gasteiger partial charge in [0, 0.05) is 5.56 Å². The molecule has 0 atom stereocenters. The Morgan fingerprint density at radius 1 is 0.903 bits per heavy atom. The first-order valence-corrected chi connectivity index (χ1v) is 10.2. The Bertz CT molecular complexity index is 1280. The summed E-state index contributed by atoms with van der Waals surface area (Å²) >= 11 is 0. The molecule has 4 rings (SSSR count). The topological polar surface area (TPSA) is 65.7 Å². The Hall–Kier alpha value is -3.93. The molecule has 0 aliphatic heterocycles. The minimum atomic E-state index is -0.225. The van der Waals surface area contributed by atoms with Gasteiger partial charge in [0.2, 0.25) is 0 Å². The quantitative estimate of drug-likeness (QED) is 0.410. The number of fused-ring (bicyclic) bond motifs is 1. The van der Waals surface area contributed by atoms with Gasteiger partial charge in [-0.3, -0.25) is 4.79 Å². The SMILES string of the molecule is CCOc1ccc(C=Nn2c(-c3ccccc3)nc3ccccc3c2=O)cc1OCC. The van der Waals surface area contributed by atoms with Crippen LogP contribution in [0.4, 0.5) is 0 Å². The first-order valence-electron chi connectivity index (χ1n) is 10.2. The summed E-state index contributed by atoms with van der Waals surface area (Å²) in [7, 11) is 0. The molecule has 1 heterocycles. The van der Waals surface area contributed by atoms with Crippen molar-refractivity contribution in [2.24, 2.45) is 5.10 Å². The van der Waals surface area contributed by atoms with E-state index in [1.165, 1.54) is 4.68 Å². The molecule has 0 fully saturated rings. The molecule has 156 valence electrons. The molecule has 3 aromatic carbocycles. The van der Waals surface area contributed by atoms with Crippen molar-refractivity contribution in [2.75, 3.05) is 13.2 Å². The van der Waals surface area contributed by atoms with E-state index in [4.69, 9.17) is 14.5 Å². The van der Waals surface area contributed by atoms with Crippen molar-refractivity contribution in [1.29, 1.82) is 0 Å². The largest absolute Gasteiger partial charge is 0.490 e. The number of rotatable bonds is 7. The molecule has 1 aromatic heterocycles. The maximum Gasteiger partial charge on any atom is 0.282 e. The standard InChI is InChI=1S/C25H23N3O3/c1-3-30-22-15-14-18(16-23(22)31-4-2)17-26-28-24(19-10-6-5-7-11-19)27-21-13-9-8-12-20(21)25(28)29/h5-17H,3-4H2,1-2H3. The van der Waals surface area contributed by atoms with Crippen LogP contribution in [0.5, 0.6) is 11.5 Å². The van der Waals surface area contributed by atoms with Crippen LogP contribution in [-0.2, 0) is 0 Å². The van der Waals surface area contributed by atoms with Gasteiger partial charge in [-0.25, -0.2) is 4.98 Å². The highest BCUT2D eigenvalue weighted by Gasteiger charge is 2.12. The van der Waals surface area contributed by atoms with Gasteiger partial charge in [-0.15, -0.1) is 0 Å². The van der Waals surface area contributed by atoms with Crippen LogP contribution in [0.3, 0.4) is 0 Å². The van der Waals surface area contributed by atoms with Gasteiger partial charge in [-0.05, 0) is 49.7 Å². The zero-order valence-corrected chi connectivity index (χ0v) is 17.5. The normalized spacial score (nSPS) is 11.2. The van der Waals surface area contributed by atoms with E-state index < -0.39 is 0 Å². The Morgan fingerprint density at radius 2 is 1.61 bits per heavy atom. The van der Waals surface area contributed by atoms with E-state index in [1.807, 2.05) is 80.6 Å². The van der Waals surface area contributed by atoms with Crippen molar-refractivity contribution in [3.05, 3.63) is 88.7 Å². The number of ether oxygens (including phenoxy) is 2. The number of aromatic nitrogens is 2. The number of nitrogens with zero attached hydrogens (tertiary/aromatic N) is 3. The molecular formula is C25H23N3O3. The van der Waals surface area contributed by atoms with Crippen molar-refractivity contribution >= 4 is 17.1 Å². The molecule has 0 unspecified atom stereocenters. The van der Waals surface area contributed by atoms with Gasteiger partial charge in [0.25, 0.3) is 5.56 Å². The minimum Gasteiger partial charge on any atom is -0.490 e. The molecule has 0 saturated heterocycles. The highest BCUT2D eigenvalue weighted by atomic mass is 16.5. The van der Waals surface area contributed by atoms with Crippen LogP contribution in [0.2, 0.25) is 0 Å². The summed E-state index contributed by atoms with van der Waals surface area (Å²) in [4.78, 5) is 17.9. The average molecular weight is 413 g/mol. The average Bonchev–Trinajstić information content (AvgIpc) is 2.81. The van der Waals surface area contributed by atoms with E-state index in [2.05, 4.69) is 5.10 Å². The number of hydrogen-bond acceptors (Lipinski definition) is 5. The Labute approximate surface area is 180 Å². The molecule has 0 radical (unpaired) electrons. The van der Waals surface area contributed by atoms with E-state index in [1.54, 1.807) is 12.3 Å². The molecule has 0 spiro atoms. The predicted octanol–water partition coefficient (Wildman–Crippen LogP) is 4.74. The van der Waals surface area contributed by atoms with Crippen LogP contribution in [0.25, 0.3) is 22.3 Å². The lowest BCUT2D eigenvalue weighted by molar-refractivity contribution is 0.288. The van der Waals surface area contributed by atoms with E-state index in [9.17, 15) is 4.79 Å². The number of hydrogen-bond donors (Lipinski definition) is 0. The van der Waals surface area contributed by atoms with Gasteiger partial charge in [-0.1, -0.05) is 42.5 Å². The van der Waals surface area contributed by atoms with Gasteiger partial charge < -0.3 is 9.47 Å². The van der Waals surface area contributed by atoms with Crippen molar-refractivity contribution in [1.82, 2.24) is 9.66 Å². The second-order valence-electron chi connectivity index (χ2n) is 6.75. The monoisotopic (exact) mass is 413 g/mol. The predicted molar refractivity (Wildman–Crippen MR) is 123 cm³/mol. The third kappa shape index (κ3) is 4.33. The van der Waals surface area contributed by atoms with Gasteiger partial charge in [0.15, 0.2) is 17.3 Å². The fraction of sp³-hybridized carbons (Fsp3) is 0.160. The Balaban J connectivity index is 1.82. The van der Waals surface area contributed by atoms with Crippen LogP contribution in [0.15, 0.2) is 82.7 Å². The minimum absolute atomic E-state index is 0.225. The maximum atomic E-state index is 13.2. The molecule has 6 heteroatoms. The third-order valence-corrected chi connectivity index (χ3v) is 4.68. The third-order valence-electron chi connectivity index (χ3n) is 4.68. The molecule has 31 heavy (non-hydrogen) atoms. The number of para-hydroxylation sites is 1. The van der Waals surface area contributed by atoms with Crippen LogP contribution in [0, 0.1) is 0 Å². The van der Waals surface area contributed by atoms with E-state index >= 15 is 0 Å². The number of benzene rings is 3. The first-order chi connectivity index (χ1) is 15.2. The Morgan fingerprint density at radius 3 is 2.39 bits per heavy atom. The summed E-state index contributed by atoms with van der Waals surface area (Å²) in [6.45, 7) is 4.91. The highest BCUT2D eigenvalue weighted by molar-refractivity contribution is 5.82. The van der Waals surface area contributed by atoms with Crippen LogP contribution >= 0.6 is 0 Å². The van der Waals surface area contributed by atoms with Crippen molar-refractivity contribution in [2.45, 2.75) is 13.8 Å². The molecule has 0 aliphatic rings. The molecule has 0 N–H and O–H groups in total. The first kappa shape index (κ1) is 20.3. The van der Waals surface area contributed by atoms with Crippen molar-refractivity contribution < 1.29 is 9.47 Å². The summed E-state index contributed by atoms with van der Waals surface area (Å²) in [5.41, 5.74) is 2.00. The molecule has 0 amide bonds. The highest BCUT2D eigenvalue weighted by Crippen LogP contribution is 2.28. The molecule has 4 aromatic rings. The zero-order valence-electron chi connectivity index (χ0n) is 17.5. The van der Waals surface area contributed by atoms with Gasteiger partial charge >= 0.3 is 0 Å². The molecule has 0 bridgehead atoms. The molecule has 6 nitrogen and oxygen atoms in total. The van der Waals surface area contributed by atoms with Gasteiger partial charge in [0.05, 0.1) is 30.3 Å². The van der Waals surface area contributed by atoms with E-state index in [0.29, 0.717) is 41.4 Å². The summed E-state index contributed by atoms with van der Waals surface area (Å²) in [6, 6.07) is 22.4. The van der Waals surface area contributed by atoms with Gasteiger partial charge in [0.1, 0.15) is 0 Å². The molecular weight excluding hydrogens is 390 g/mol.